The van der Waals surface area contributed by atoms with E-state index in [1.807, 2.05) is 24.3 Å². The zero-order valence-corrected chi connectivity index (χ0v) is 16.8. The van der Waals surface area contributed by atoms with Crippen molar-refractivity contribution in [1.29, 1.82) is 0 Å². The number of carbonyl (C=O) groups is 3. The van der Waals surface area contributed by atoms with Gasteiger partial charge in [0.25, 0.3) is 5.91 Å². The molecule has 3 aromatic rings. The lowest BCUT2D eigenvalue weighted by molar-refractivity contribution is -0.163. The second kappa shape index (κ2) is 7.35. The minimum absolute atomic E-state index is 0.175. The predicted molar refractivity (Wildman–Crippen MR) is 109 cm³/mol. The highest BCUT2D eigenvalue weighted by Crippen LogP contribution is 2.31. The topological polar surface area (TPSA) is 108 Å². The van der Waals surface area contributed by atoms with Crippen LogP contribution in [0.4, 0.5) is 0 Å². The van der Waals surface area contributed by atoms with Gasteiger partial charge in [0.2, 0.25) is 17.7 Å². The number of fused-ring (bicyclic) bond motifs is 1. The van der Waals surface area contributed by atoms with E-state index in [0.29, 0.717) is 29.3 Å². The van der Waals surface area contributed by atoms with Crippen molar-refractivity contribution >= 4 is 17.7 Å². The number of nitrogens with one attached hydrogen (secondary N) is 1. The fraction of sp³-hybridized carbons (Fsp3) is 0.227. The first kappa shape index (κ1) is 19.0. The molecule has 1 saturated heterocycles. The molecule has 1 N–H and O–H groups in total. The van der Waals surface area contributed by atoms with E-state index in [1.165, 1.54) is 5.01 Å². The average Bonchev–Trinajstić information content (AvgIpc) is 3.39. The number of ether oxygens (including phenoxy) is 1. The van der Waals surface area contributed by atoms with E-state index >= 15 is 0 Å². The SMILES string of the molecule is COc1cccc(-c2cc(-c3ccc4c(c3)CN(N3C(=O)CCCC3=O)C4=O)n[nH]2)n1. The lowest BCUT2D eigenvalue weighted by Crippen LogP contribution is -2.51. The zero-order valence-electron chi connectivity index (χ0n) is 16.8. The zero-order chi connectivity index (χ0) is 21.5. The molecular weight excluding hydrogens is 398 g/mol. The summed E-state index contributed by atoms with van der Waals surface area (Å²) in [5.74, 6) is -0.499. The van der Waals surface area contributed by atoms with Gasteiger partial charge >= 0.3 is 0 Å². The van der Waals surface area contributed by atoms with Gasteiger partial charge in [0, 0.05) is 30.0 Å². The molecule has 0 radical (unpaired) electrons. The highest BCUT2D eigenvalue weighted by Gasteiger charge is 2.39. The number of imide groups is 1. The fourth-order valence-corrected chi connectivity index (χ4v) is 3.92. The Morgan fingerprint density at radius 2 is 1.81 bits per heavy atom. The van der Waals surface area contributed by atoms with Crippen molar-refractivity contribution < 1.29 is 19.1 Å². The Morgan fingerprint density at radius 1 is 1.00 bits per heavy atom. The molecule has 31 heavy (non-hydrogen) atoms. The van der Waals surface area contributed by atoms with Gasteiger partial charge in [-0.05, 0) is 36.2 Å². The van der Waals surface area contributed by atoms with Crippen LogP contribution in [0, 0.1) is 0 Å². The van der Waals surface area contributed by atoms with Crippen molar-refractivity contribution in [3.05, 3.63) is 53.6 Å². The third-order valence-electron chi connectivity index (χ3n) is 5.47. The van der Waals surface area contributed by atoms with Crippen molar-refractivity contribution in [2.24, 2.45) is 0 Å². The van der Waals surface area contributed by atoms with E-state index < -0.39 is 0 Å². The van der Waals surface area contributed by atoms with Crippen LogP contribution in [0.2, 0.25) is 0 Å². The number of nitrogens with zero attached hydrogens (tertiary/aromatic N) is 4. The van der Waals surface area contributed by atoms with E-state index in [4.69, 9.17) is 4.74 Å². The maximum absolute atomic E-state index is 12.8. The van der Waals surface area contributed by atoms with E-state index in [-0.39, 0.29) is 37.1 Å². The highest BCUT2D eigenvalue weighted by molar-refractivity contribution is 6.04. The molecule has 1 aromatic carbocycles. The molecule has 0 spiro atoms. The number of aromatic amines is 1. The molecule has 2 aromatic heterocycles. The summed E-state index contributed by atoms with van der Waals surface area (Å²) in [7, 11) is 1.56. The molecule has 2 aliphatic rings. The van der Waals surface area contributed by atoms with Crippen molar-refractivity contribution in [3.63, 3.8) is 0 Å². The van der Waals surface area contributed by atoms with Gasteiger partial charge in [0.15, 0.2) is 0 Å². The number of pyridine rings is 1. The Morgan fingerprint density at radius 3 is 2.58 bits per heavy atom. The summed E-state index contributed by atoms with van der Waals surface area (Å²) in [4.78, 5) is 41.7. The maximum atomic E-state index is 12.8. The van der Waals surface area contributed by atoms with Crippen molar-refractivity contribution in [3.8, 4) is 28.5 Å². The molecule has 0 unspecified atom stereocenters. The molecular formula is C22H19N5O4. The average molecular weight is 417 g/mol. The minimum Gasteiger partial charge on any atom is -0.481 e. The summed E-state index contributed by atoms with van der Waals surface area (Å²) in [5.41, 5.74) is 4.17. The molecule has 5 rings (SSSR count). The number of hydrazine groups is 1. The lowest BCUT2D eigenvalue weighted by Gasteiger charge is -2.32. The van der Waals surface area contributed by atoms with Gasteiger partial charge in [0.05, 0.1) is 30.7 Å². The standard InChI is InChI=1S/C22H19N5O4/c1-31-19-5-2-4-16(23-19)18-11-17(24-25-18)13-8-9-15-14(10-13)12-26(22(15)30)27-20(28)6-3-7-21(27)29/h2,4-5,8-11H,3,6-7,12H2,1H3,(H,24,25). The molecule has 0 bridgehead atoms. The van der Waals surface area contributed by atoms with Crippen LogP contribution in [0.15, 0.2) is 42.5 Å². The van der Waals surface area contributed by atoms with Crippen LogP contribution in [0.3, 0.4) is 0 Å². The maximum Gasteiger partial charge on any atom is 0.273 e. The molecule has 9 heteroatoms. The van der Waals surface area contributed by atoms with Crippen LogP contribution in [-0.2, 0) is 16.1 Å². The Balaban J connectivity index is 1.43. The fourth-order valence-electron chi connectivity index (χ4n) is 3.92. The van der Waals surface area contributed by atoms with Crippen molar-refractivity contribution in [2.75, 3.05) is 7.11 Å². The molecule has 9 nitrogen and oxygen atoms in total. The van der Waals surface area contributed by atoms with Crippen LogP contribution >= 0.6 is 0 Å². The van der Waals surface area contributed by atoms with E-state index in [1.54, 1.807) is 25.3 Å². The molecule has 0 aliphatic carbocycles. The summed E-state index contributed by atoms with van der Waals surface area (Å²) in [6.45, 7) is 0.175. The Labute approximate surface area is 177 Å². The first-order chi connectivity index (χ1) is 15.0. The number of methoxy groups -OCH3 is 1. The summed E-state index contributed by atoms with van der Waals surface area (Å²) < 4.78 is 5.17. The van der Waals surface area contributed by atoms with Gasteiger partial charge in [-0.1, -0.05) is 12.1 Å². The number of hydrogen-bond acceptors (Lipinski definition) is 6. The lowest BCUT2D eigenvalue weighted by atomic mass is 10.0. The number of aromatic nitrogens is 3. The first-order valence-corrected chi connectivity index (χ1v) is 9.93. The number of amides is 3. The van der Waals surface area contributed by atoms with Gasteiger partial charge in [-0.2, -0.15) is 10.1 Å². The first-order valence-electron chi connectivity index (χ1n) is 9.93. The Kier molecular flexibility index (Phi) is 4.50. The van der Waals surface area contributed by atoms with Crippen molar-refractivity contribution in [2.45, 2.75) is 25.8 Å². The molecule has 3 amide bonds. The minimum atomic E-state index is -0.339. The summed E-state index contributed by atoms with van der Waals surface area (Å²) in [5, 5.41) is 9.60. The molecule has 2 aliphatic heterocycles. The number of rotatable bonds is 4. The molecule has 4 heterocycles. The smallest absolute Gasteiger partial charge is 0.273 e. The number of hydrogen-bond donors (Lipinski definition) is 1. The Bertz CT molecular complexity index is 1200. The highest BCUT2D eigenvalue weighted by atomic mass is 16.5. The largest absolute Gasteiger partial charge is 0.481 e. The molecule has 1 fully saturated rings. The van der Waals surface area contributed by atoms with Crippen LogP contribution in [0.5, 0.6) is 5.88 Å². The van der Waals surface area contributed by atoms with Gasteiger partial charge < -0.3 is 4.74 Å². The van der Waals surface area contributed by atoms with Gasteiger partial charge in [-0.15, -0.1) is 0 Å². The number of benzene rings is 1. The molecule has 0 saturated carbocycles. The normalized spacial score (nSPS) is 16.1. The van der Waals surface area contributed by atoms with Crippen LogP contribution < -0.4 is 4.74 Å². The summed E-state index contributed by atoms with van der Waals surface area (Å²) in [6, 6.07) is 12.7. The van der Waals surface area contributed by atoms with E-state index in [2.05, 4.69) is 15.2 Å². The molecule has 156 valence electrons. The third kappa shape index (κ3) is 3.24. The second-order valence-electron chi connectivity index (χ2n) is 7.42. The number of piperidine rings is 1. The van der Waals surface area contributed by atoms with Crippen molar-refractivity contribution in [1.82, 2.24) is 25.2 Å². The monoisotopic (exact) mass is 417 g/mol. The predicted octanol–water partition coefficient (Wildman–Crippen LogP) is 2.56. The number of H-pyrrole nitrogens is 1. The van der Waals surface area contributed by atoms with Gasteiger partial charge in [-0.25, -0.2) is 9.99 Å². The Hall–Kier alpha value is -4.01. The van der Waals surface area contributed by atoms with E-state index in [0.717, 1.165) is 21.8 Å². The summed E-state index contributed by atoms with van der Waals surface area (Å²) >= 11 is 0. The van der Waals surface area contributed by atoms with Crippen LogP contribution in [0.1, 0.15) is 35.2 Å². The molecule has 0 atom stereocenters. The van der Waals surface area contributed by atoms with E-state index in [9.17, 15) is 14.4 Å². The third-order valence-corrected chi connectivity index (χ3v) is 5.47. The second-order valence-corrected chi connectivity index (χ2v) is 7.42. The van der Waals surface area contributed by atoms with Crippen LogP contribution in [-0.4, -0.2) is 50.0 Å². The van der Waals surface area contributed by atoms with Gasteiger partial charge in [0.1, 0.15) is 0 Å². The summed E-state index contributed by atoms with van der Waals surface area (Å²) in [6.07, 6.45) is 1.06. The van der Waals surface area contributed by atoms with Gasteiger partial charge in [-0.3, -0.25) is 19.5 Å². The van der Waals surface area contributed by atoms with Crippen LogP contribution in [0.25, 0.3) is 22.6 Å². The quantitative estimate of drug-likeness (QED) is 0.654. The number of carbonyl (C=O) groups excluding carboxylic acids is 3.